The van der Waals surface area contributed by atoms with E-state index in [1.165, 1.54) is 43.3 Å². The van der Waals surface area contributed by atoms with Crippen molar-refractivity contribution in [2.45, 2.75) is 23.7 Å². The molecule has 0 spiro atoms. The van der Waals surface area contributed by atoms with Crippen LogP contribution in [0.3, 0.4) is 0 Å². The lowest BCUT2D eigenvalue weighted by Crippen LogP contribution is -2.37. The van der Waals surface area contributed by atoms with Crippen LogP contribution in [0.15, 0.2) is 126 Å². The summed E-state index contributed by atoms with van der Waals surface area (Å²) in [5, 5.41) is 3.99. The average Bonchev–Trinajstić information content (AvgIpc) is 3.67. The fourth-order valence-electron chi connectivity index (χ4n) is 8.00. The van der Waals surface area contributed by atoms with Crippen LogP contribution < -0.4 is 4.74 Å². The van der Waals surface area contributed by atoms with Crippen molar-refractivity contribution in [1.29, 1.82) is 0 Å². The van der Waals surface area contributed by atoms with Crippen molar-refractivity contribution >= 4 is 54.7 Å². The standard InChI is InChI=1S/C36H23Cl2NOS/c37-26-18-24-32(30-22-10-4-6-12-28(22)40-34(26)30)33-25(19-27(38)35-31(33)23-11-5-7-13-29(23)41-35)36(24,20-8-2-1-3-9-20)21-14-16-39-17-15-21/h1-8,10-20,30,32H,9H2. The zero-order valence-corrected chi connectivity index (χ0v) is 24.2. The third kappa shape index (κ3) is 3.07. The molecule has 1 aliphatic heterocycles. The largest absolute Gasteiger partial charge is 0.459 e. The van der Waals surface area contributed by atoms with Crippen molar-refractivity contribution < 1.29 is 4.74 Å². The van der Waals surface area contributed by atoms with Crippen LogP contribution in [0.5, 0.6) is 5.75 Å². The van der Waals surface area contributed by atoms with E-state index in [1.807, 2.05) is 18.5 Å². The van der Waals surface area contributed by atoms with Gasteiger partial charge in [-0.2, -0.15) is 0 Å². The maximum absolute atomic E-state index is 7.27. The van der Waals surface area contributed by atoms with E-state index in [0.29, 0.717) is 5.03 Å². The fraction of sp³-hybridized carbons (Fsp3) is 0.139. The molecule has 41 heavy (non-hydrogen) atoms. The van der Waals surface area contributed by atoms with E-state index in [9.17, 15) is 0 Å². The topological polar surface area (TPSA) is 22.1 Å². The van der Waals surface area contributed by atoms with Gasteiger partial charge in [0, 0.05) is 44.8 Å². The SMILES string of the molecule is ClC1=C2Oc3ccccc3C2C2C(=C1)C(c1ccncc1)(C1C=CC=CC1)c1cc(Cl)c3sc4ccccc4c3c12. The zero-order valence-electron chi connectivity index (χ0n) is 21.9. The number of hydrogen-bond acceptors (Lipinski definition) is 3. The molecule has 3 heterocycles. The third-order valence-electron chi connectivity index (χ3n) is 9.45. The molecule has 4 aliphatic rings. The van der Waals surface area contributed by atoms with E-state index in [-0.39, 0.29) is 17.8 Å². The molecule has 0 fully saturated rings. The van der Waals surface area contributed by atoms with E-state index in [4.69, 9.17) is 27.9 Å². The Labute approximate surface area is 251 Å². The Bertz CT molecular complexity index is 2050. The fourth-order valence-corrected chi connectivity index (χ4v) is 9.72. The lowest BCUT2D eigenvalue weighted by molar-refractivity contribution is 0.394. The summed E-state index contributed by atoms with van der Waals surface area (Å²) < 4.78 is 8.91. The Morgan fingerprint density at radius 2 is 1.76 bits per heavy atom. The first-order valence-electron chi connectivity index (χ1n) is 13.9. The molecule has 0 saturated heterocycles. The van der Waals surface area contributed by atoms with Gasteiger partial charge in [-0.25, -0.2) is 0 Å². The Kier molecular flexibility index (Phi) is 5.09. The van der Waals surface area contributed by atoms with E-state index in [2.05, 4.69) is 96.0 Å². The van der Waals surface area contributed by atoms with Crippen molar-refractivity contribution in [3.8, 4) is 5.75 Å². The Hall–Kier alpha value is -3.63. The number of rotatable bonds is 2. The Morgan fingerprint density at radius 1 is 0.927 bits per heavy atom. The summed E-state index contributed by atoms with van der Waals surface area (Å²) in [5.74, 6) is 1.93. The predicted molar refractivity (Wildman–Crippen MR) is 169 cm³/mol. The van der Waals surface area contributed by atoms with E-state index in [1.54, 1.807) is 11.3 Å². The predicted octanol–water partition coefficient (Wildman–Crippen LogP) is 10.2. The molecule has 9 rings (SSSR count). The second-order valence-electron chi connectivity index (χ2n) is 11.2. The molecule has 3 aliphatic carbocycles. The summed E-state index contributed by atoms with van der Waals surface area (Å²) >= 11 is 16.3. The number of pyridine rings is 1. The van der Waals surface area contributed by atoms with Gasteiger partial charge < -0.3 is 4.74 Å². The minimum absolute atomic E-state index is 0.0210. The number of benzene rings is 3. The van der Waals surface area contributed by atoms with Gasteiger partial charge >= 0.3 is 0 Å². The van der Waals surface area contributed by atoms with Crippen LogP contribution in [-0.4, -0.2) is 4.98 Å². The number of para-hydroxylation sites is 1. The second-order valence-corrected chi connectivity index (χ2v) is 13.1. The number of halogens is 2. The van der Waals surface area contributed by atoms with Crippen LogP contribution >= 0.6 is 34.5 Å². The summed E-state index contributed by atoms with van der Waals surface area (Å²) in [6.07, 6.45) is 15.9. The molecule has 0 saturated carbocycles. The molecule has 0 bridgehead atoms. The first kappa shape index (κ1) is 24.0. The molecule has 4 atom stereocenters. The molecule has 2 nitrogen and oxygen atoms in total. The van der Waals surface area contributed by atoms with Crippen LogP contribution in [0, 0.1) is 5.92 Å². The van der Waals surface area contributed by atoms with Gasteiger partial charge in [-0.15, -0.1) is 11.3 Å². The van der Waals surface area contributed by atoms with Crippen LogP contribution in [-0.2, 0) is 5.41 Å². The molecule has 2 aromatic heterocycles. The molecule has 0 radical (unpaired) electrons. The number of allylic oxidation sites excluding steroid dienone is 8. The highest BCUT2D eigenvalue weighted by atomic mass is 35.5. The van der Waals surface area contributed by atoms with Gasteiger partial charge in [-0.1, -0.05) is 83.9 Å². The van der Waals surface area contributed by atoms with E-state index >= 15 is 0 Å². The number of nitrogens with zero attached hydrogens (tertiary/aromatic N) is 1. The first-order chi connectivity index (χ1) is 20.2. The monoisotopic (exact) mass is 587 g/mol. The number of ether oxygens (including phenoxy) is 1. The Balaban J connectivity index is 1.48. The van der Waals surface area contributed by atoms with Crippen LogP contribution in [0.4, 0.5) is 0 Å². The van der Waals surface area contributed by atoms with Gasteiger partial charge in [-0.05, 0) is 71.0 Å². The summed E-state index contributed by atoms with van der Waals surface area (Å²) in [7, 11) is 0. The number of aromatic nitrogens is 1. The minimum Gasteiger partial charge on any atom is -0.459 e. The molecule has 198 valence electrons. The van der Waals surface area contributed by atoms with Gasteiger partial charge in [-0.3, -0.25) is 4.98 Å². The smallest absolute Gasteiger partial charge is 0.131 e. The van der Waals surface area contributed by atoms with Gasteiger partial charge in [0.1, 0.15) is 11.5 Å². The van der Waals surface area contributed by atoms with Gasteiger partial charge in [0.25, 0.3) is 0 Å². The van der Waals surface area contributed by atoms with Crippen molar-refractivity contribution in [3.05, 3.63) is 153 Å². The number of fused-ring (bicyclic) bond motifs is 11. The number of thiophene rings is 1. The lowest BCUT2D eigenvalue weighted by Gasteiger charge is -2.42. The minimum atomic E-state index is -0.478. The Morgan fingerprint density at radius 3 is 2.61 bits per heavy atom. The quantitative estimate of drug-likeness (QED) is 0.205. The molecule has 4 unspecified atom stereocenters. The molecule has 3 aromatic carbocycles. The highest BCUT2D eigenvalue weighted by molar-refractivity contribution is 7.26. The van der Waals surface area contributed by atoms with Crippen LogP contribution in [0.1, 0.15) is 40.5 Å². The maximum atomic E-state index is 7.27. The van der Waals surface area contributed by atoms with Crippen molar-refractivity contribution in [3.63, 3.8) is 0 Å². The molecule has 5 aromatic rings. The van der Waals surface area contributed by atoms with E-state index < -0.39 is 5.41 Å². The molecule has 0 amide bonds. The van der Waals surface area contributed by atoms with Gasteiger partial charge in [0.15, 0.2) is 0 Å². The summed E-state index contributed by atoms with van der Waals surface area (Å²) in [4.78, 5) is 4.42. The van der Waals surface area contributed by atoms with Gasteiger partial charge in [0.05, 0.1) is 20.7 Å². The summed E-state index contributed by atoms with van der Waals surface area (Å²) in [6.45, 7) is 0. The first-order valence-corrected chi connectivity index (χ1v) is 15.5. The van der Waals surface area contributed by atoms with Crippen molar-refractivity contribution in [2.24, 2.45) is 5.92 Å². The summed E-state index contributed by atoms with van der Waals surface area (Å²) in [6, 6.07) is 23.7. The number of hydrogen-bond donors (Lipinski definition) is 0. The molecular weight excluding hydrogens is 565 g/mol. The van der Waals surface area contributed by atoms with Crippen molar-refractivity contribution in [2.75, 3.05) is 0 Å². The van der Waals surface area contributed by atoms with E-state index in [0.717, 1.165) is 27.7 Å². The van der Waals surface area contributed by atoms with Crippen LogP contribution in [0.2, 0.25) is 5.02 Å². The highest BCUT2D eigenvalue weighted by Gasteiger charge is 2.59. The van der Waals surface area contributed by atoms with Crippen LogP contribution in [0.25, 0.3) is 20.2 Å². The molecular formula is C36H23Cl2NOS. The van der Waals surface area contributed by atoms with Crippen molar-refractivity contribution in [1.82, 2.24) is 4.98 Å². The molecule has 5 heteroatoms. The van der Waals surface area contributed by atoms with Gasteiger partial charge in [0.2, 0.25) is 0 Å². The maximum Gasteiger partial charge on any atom is 0.131 e. The zero-order chi connectivity index (χ0) is 27.3. The highest BCUT2D eigenvalue weighted by Crippen LogP contribution is 2.69. The summed E-state index contributed by atoms with van der Waals surface area (Å²) in [5.41, 5.74) is 5.84. The lowest BCUT2D eigenvalue weighted by atomic mass is 9.60. The second kappa shape index (κ2) is 8.69. The average molecular weight is 589 g/mol. The normalized spacial score (nSPS) is 25.6. The molecule has 0 N–H and O–H groups in total. The third-order valence-corrected chi connectivity index (χ3v) is 11.4.